The third-order valence-corrected chi connectivity index (χ3v) is 2.74. The Kier molecular flexibility index (Phi) is 2.61. The third kappa shape index (κ3) is 1.89. The molecule has 2 rings (SSSR count). The maximum Gasteiger partial charge on any atom is 0.273 e. The van der Waals surface area contributed by atoms with Crippen LogP contribution in [0.25, 0.3) is 5.13 Å². The zero-order valence-electron chi connectivity index (χ0n) is 8.91. The number of anilines is 1. The summed E-state index contributed by atoms with van der Waals surface area (Å²) in [5.41, 5.74) is 5.96. The fourth-order valence-electron chi connectivity index (χ4n) is 1.16. The molecule has 0 radical (unpaired) electrons. The molecule has 6 nitrogen and oxygen atoms in total. The van der Waals surface area contributed by atoms with Gasteiger partial charge < -0.3 is 10.6 Å². The van der Waals surface area contributed by atoms with Crippen molar-refractivity contribution in [2.75, 3.05) is 19.8 Å². The van der Waals surface area contributed by atoms with Gasteiger partial charge in [-0.1, -0.05) is 11.3 Å². The summed E-state index contributed by atoms with van der Waals surface area (Å²) < 4.78 is 1.54. The van der Waals surface area contributed by atoms with Crippen LogP contribution in [-0.2, 0) is 0 Å². The van der Waals surface area contributed by atoms with Crippen molar-refractivity contribution < 1.29 is 4.79 Å². The van der Waals surface area contributed by atoms with E-state index in [1.54, 1.807) is 32.6 Å². The van der Waals surface area contributed by atoms with Crippen LogP contribution in [0, 0.1) is 0 Å². The van der Waals surface area contributed by atoms with Gasteiger partial charge in [0.25, 0.3) is 5.91 Å². The minimum atomic E-state index is -0.136. The monoisotopic (exact) mass is 237 g/mol. The van der Waals surface area contributed by atoms with E-state index in [-0.39, 0.29) is 5.91 Å². The molecule has 0 saturated carbocycles. The van der Waals surface area contributed by atoms with Crippen LogP contribution in [0.1, 0.15) is 10.5 Å². The van der Waals surface area contributed by atoms with Gasteiger partial charge in [-0.25, -0.2) is 9.67 Å². The predicted molar refractivity (Wildman–Crippen MR) is 61.7 cm³/mol. The molecule has 0 saturated heterocycles. The maximum atomic E-state index is 11.6. The lowest BCUT2D eigenvalue weighted by Gasteiger charge is -2.06. The number of rotatable bonds is 2. The first kappa shape index (κ1) is 10.6. The van der Waals surface area contributed by atoms with E-state index in [1.165, 1.54) is 20.9 Å². The summed E-state index contributed by atoms with van der Waals surface area (Å²) in [6, 6.07) is 1.65. The summed E-state index contributed by atoms with van der Waals surface area (Å²) in [5.74, 6) is -0.136. The zero-order chi connectivity index (χ0) is 11.7. The number of carbonyl (C=O) groups excluding carboxylic acids is 1. The Morgan fingerprint density at radius 3 is 2.88 bits per heavy atom. The summed E-state index contributed by atoms with van der Waals surface area (Å²) in [4.78, 5) is 17.2. The van der Waals surface area contributed by atoms with E-state index < -0.39 is 0 Å². The molecule has 2 aromatic heterocycles. The fourth-order valence-corrected chi connectivity index (χ4v) is 1.77. The maximum absolute atomic E-state index is 11.6. The van der Waals surface area contributed by atoms with Gasteiger partial charge in [0, 0.05) is 20.3 Å². The Bertz CT molecular complexity index is 515. The van der Waals surface area contributed by atoms with Crippen molar-refractivity contribution >= 4 is 22.2 Å². The first-order chi connectivity index (χ1) is 7.58. The molecule has 16 heavy (non-hydrogen) atoms. The van der Waals surface area contributed by atoms with Crippen LogP contribution < -0.4 is 5.73 Å². The largest absolute Gasteiger partial charge is 0.389 e. The molecule has 0 aliphatic carbocycles. The molecule has 2 N–H and O–H groups in total. The van der Waals surface area contributed by atoms with Crippen LogP contribution in [-0.4, -0.2) is 39.7 Å². The van der Waals surface area contributed by atoms with Crippen LogP contribution in [0.2, 0.25) is 0 Å². The van der Waals surface area contributed by atoms with Crippen LogP contribution in [0.15, 0.2) is 18.5 Å². The van der Waals surface area contributed by atoms with Gasteiger partial charge in [0.1, 0.15) is 5.00 Å². The van der Waals surface area contributed by atoms with E-state index in [0.717, 1.165) is 0 Å². The Balaban J connectivity index is 2.29. The Morgan fingerprint density at radius 1 is 1.56 bits per heavy atom. The second-order valence-electron chi connectivity index (χ2n) is 3.39. The van der Waals surface area contributed by atoms with Crippen molar-refractivity contribution in [3.8, 4) is 5.13 Å². The van der Waals surface area contributed by atoms with Crippen molar-refractivity contribution in [3.63, 3.8) is 0 Å². The summed E-state index contributed by atoms with van der Waals surface area (Å²) in [6.07, 6.45) is 3.25. The lowest BCUT2D eigenvalue weighted by molar-refractivity contribution is 0.0821. The number of thiazole rings is 1. The fraction of sp³-hybridized carbons (Fsp3) is 0.222. The van der Waals surface area contributed by atoms with E-state index >= 15 is 0 Å². The summed E-state index contributed by atoms with van der Waals surface area (Å²) in [5, 5.41) is 5.40. The van der Waals surface area contributed by atoms with Crippen molar-refractivity contribution in [1.29, 1.82) is 0 Å². The highest BCUT2D eigenvalue weighted by molar-refractivity contribution is 7.17. The van der Waals surface area contributed by atoms with Crippen LogP contribution >= 0.6 is 11.3 Å². The minimum absolute atomic E-state index is 0.136. The highest BCUT2D eigenvalue weighted by Gasteiger charge is 2.12. The van der Waals surface area contributed by atoms with E-state index in [4.69, 9.17) is 5.73 Å². The standard InChI is InChI=1S/C9H11N5OS/c1-13(2)8(15)6-3-4-14(12-6)9-11-5-7(10)16-9/h3-5H,10H2,1-2H3. The average Bonchev–Trinajstić information content (AvgIpc) is 2.84. The van der Waals surface area contributed by atoms with Crippen molar-refractivity contribution in [1.82, 2.24) is 19.7 Å². The molecule has 1 amide bonds. The lowest BCUT2D eigenvalue weighted by Crippen LogP contribution is -2.22. The normalized spacial score (nSPS) is 10.4. The molecule has 7 heteroatoms. The molecule has 0 fully saturated rings. The highest BCUT2D eigenvalue weighted by atomic mass is 32.1. The molecule has 0 aliphatic heterocycles. The van der Waals surface area contributed by atoms with E-state index in [2.05, 4.69) is 10.1 Å². The number of aromatic nitrogens is 3. The quantitative estimate of drug-likeness (QED) is 0.830. The van der Waals surface area contributed by atoms with Crippen molar-refractivity contribution in [2.24, 2.45) is 0 Å². The zero-order valence-corrected chi connectivity index (χ0v) is 9.73. The lowest BCUT2D eigenvalue weighted by atomic mass is 10.4. The van der Waals surface area contributed by atoms with Gasteiger partial charge >= 0.3 is 0 Å². The van der Waals surface area contributed by atoms with Gasteiger partial charge in [0.05, 0.1) is 6.20 Å². The summed E-state index contributed by atoms with van der Waals surface area (Å²) in [7, 11) is 3.37. The number of nitrogens with zero attached hydrogens (tertiary/aromatic N) is 4. The summed E-state index contributed by atoms with van der Waals surface area (Å²) >= 11 is 1.32. The van der Waals surface area contributed by atoms with E-state index in [9.17, 15) is 4.79 Å². The molecule has 0 atom stereocenters. The topological polar surface area (TPSA) is 77.0 Å². The molecular formula is C9H11N5OS. The van der Waals surface area contributed by atoms with E-state index in [0.29, 0.717) is 15.8 Å². The molecule has 2 heterocycles. The predicted octanol–water partition coefficient (Wildman–Crippen LogP) is 0.613. The van der Waals surface area contributed by atoms with Gasteiger partial charge in [-0.3, -0.25) is 4.79 Å². The Morgan fingerprint density at radius 2 is 2.31 bits per heavy atom. The van der Waals surface area contributed by atoms with E-state index in [1.807, 2.05) is 0 Å². The number of nitrogen functional groups attached to an aromatic ring is 1. The van der Waals surface area contributed by atoms with Crippen molar-refractivity contribution in [2.45, 2.75) is 0 Å². The van der Waals surface area contributed by atoms with Gasteiger partial charge in [0.2, 0.25) is 5.13 Å². The molecule has 0 spiro atoms. The number of hydrogen-bond donors (Lipinski definition) is 1. The number of amides is 1. The minimum Gasteiger partial charge on any atom is -0.389 e. The first-order valence-corrected chi connectivity index (χ1v) is 5.38. The molecule has 0 bridgehead atoms. The average molecular weight is 237 g/mol. The smallest absolute Gasteiger partial charge is 0.273 e. The van der Waals surface area contributed by atoms with Crippen LogP contribution in [0.5, 0.6) is 0 Å². The second kappa shape index (κ2) is 3.93. The molecule has 84 valence electrons. The number of nitrogens with two attached hydrogens (primary N) is 1. The first-order valence-electron chi connectivity index (χ1n) is 4.57. The number of carbonyl (C=O) groups is 1. The van der Waals surface area contributed by atoms with Crippen molar-refractivity contribution in [3.05, 3.63) is 24.2 Å². The number of hydrogen-bond acceptors (Lipinski definition) is 5. The molecule has 0 aromatic carbocycles. The van der Waals surface area contributed by atoms with Crippen LogP contribution in [0.3, 0.4) is 0 Å². The Labute approximate surface area is 96.3 Å². The molecule has 2 aromatic rings. The SMILES string of the molecule is CN(C)C(=O)c1ccn(-c2ncc(N)s2)n1. The summed E-state index contributed by atoms with van der Waals surface area (Å²) in [6.45, 7) is 0. The third-order valence-electron chi connectivity index (χ3n) is 1.92. The molecule has 0 unspecified atom stereocenters. The second-order valence-corrected chi connectivity index (χ2v) is 4.43. The molecule has 0 aliphatic rings. The van der Waals surface area contributed by atoms with Gasteiger partial charge in [0.15, 0.2) is 5.69 Å². The van der Waals surface area contributed by atoms with Crippen LogP contribution in [0.4, 0.5) is 5.00 Å². The molecular weight excluding hydrogens is 226 g/mol. The Hall–Kier alpha value is -1.89. The van der Waals surface area contributed by atoms with Gasteiger partial charge in [-0.05, 0) is 6.07 Å². The van der Waals surface area contributed by atoms with Gasteiger partial charge in [-0.15, -0.1) is 0 Å². The highest BCUT2D eigenvalue weighted by Crippen LogP contribution is 2.18. The van der Waals surface area contributed by atoms with Gasteiger partial charge in [-0.2, -0.15) is 5.10 Å².